The standard InChI is InChI=1S/C92H66N4O2S/c1-5-91(6-2)77-27-13-11-23-64(77)66-40-36-59(51-79(66)91)95(83-31-19-25-68-73-47-55(81-29-15-17-45-93-81)33-42-85(73)97-89(68)83)57-35-39-63-70(49-57)61-21-9-10-22-62(61)71-53-76-75-50-58(38-44-87(75)99-88(76)54-72(63)71)96(60-37-41-67-65-24-12-14-28-78(65)92(7-3,8-4)80(67)52-60)84-32-20-26-69-74-48-56(82-30-16-18-46-94-82)34-43-86(74)98-90(69)84/h9-54H,5-8H2,1-4H3. The molecule has 6 nitrogen and oxygen atoms in total. The molecule has 5 heterocycles. The molecule has 2 aliphatic rings. The highest BCUT2D eigenvalue weighted by Crippen LogP contribution is 2.58. The summed E-state index contributed by atoms with van der Waals surface area (Å²) in [5.74, 6) is 0. The van der Waals surface area contributed by atoms with Crippen LogP contribution in [0, 0.1) is 0 Å². The third-order valence-corrected chi connectivity index (χ3v) is 23.8. The first-order valence-corrected chi connectivity index (χ1v) is 35.7. The minimum absolute atomic E-state index is 0.119. The van der Waals surface area contributed by atoms with Gasteiger partial charge < -0.3 is 18.6 Å². The molecule has 20 rings (SSSR count). The van der Waals surface area contributed by atoms with Gasteiger partial charge in [-0.3, -0.25) is 9.97 Å². The maximum absolute atomic E-state index is 7.09. The number of benzene rings is 13. The Morgan fingerprint density at radius 2 is 0.727 bits per heavy atom. The van der Waals surface area contributed by atoms with E-state index >= 15 is 0 Å². The summed E-state index contributed by atoms with van der Waals surface area (Å²) < 4.78 is 16.6. The zero-order valence-corrected chi connectivity index (χ0v) is 56.2. The highest BCUT2D eigenvalue weighted by molar-refractivity contribution is 7.26. The van der Waals surface area contributed by atoms with Gasteiger partial charge in [0.25, 0.3) is 0 Å². The molecule has 0 saturated heterocycles. The van der Waals surface area contributed by atoms with Crippen LogP contribution in [0.3, 0.4) is 0 Å². The molecule has 99 heavy (non-hydrogen) atoms. The largest absolute Gasteiger partial charge is 0.454 e. The second-order valence-electron chi connectivity index (χ2n) is 27.1. The highest BCUT2D eigenvalue weighted by atomic mass is 32.1. The van der Waals surface area contributed by atoms with E-state index in [0.717, 1.165) is 126 Å². The average Bonchev–Trinajstić information content (AvgIpc) is 1.67. The van der Waals surface area contributed by atoms with Crippen LogP contribution in [0.15, 0.2) is 288 Å². The van der Waals surface area contributed by atoms with Crippen LogP contribution in [0.25, 0.3) is 141 Å². The number of fused-ring (bicyclic) bond motifs is 21. The fraction of sp³-hybridized carbons (Fsp3) is 0.109. The lowest BCUT2D eigenvalue weighted by atomic mass is 9.74. The van der Waals surface area contributed by atoms with Crippen molar-refractivity contribution in [3.05, 3.63) is 302 Å². The molecule has 7 heteroatoms. The lowest BCUT2D eigenvalue weighted by molar-refractivity contribution is 0.490. The Bertz CT molecular complexity index is 6390. The first-order chi connectivity index (χ1) is 48.8. The van der Waals surface area contributed by atoms with E-state index in [1.165, 1.54) is 97.0 Å². The fourth-order valence-electron chi connectivity index (χ4n) is 17.8. The maximum atomic E-state index is 7.09. The average molecular weight is 1290 g/mol. The Morgan fingerprint density at radius 3 is 1.25 bits per heavy atom. The predicted octanol–water partition coefficient (Wildman–Crippen LogP) is 26.5. The minimum Gasteiger partial charge on any atom is -0.454 e. The molecule has 0 fully saturated rings. The van der Waals surface area contributed by atoms with Crippen LogP contribution >= 0.6 is 11.3 Å². The Kier molecular flexibility index (Phi) is 12.8. The molecule has 0 aliphatic heterocycles. The molecule has 0 N–H and O–H groups in total. The quantitative estimate of drug-likeness (QED) is 0.114. The Morgan fingerprint density at radius 1 is 0.303 bits per heavy atom. The number of nitrogens with zero attached hydrogens (tertiary/aromatic N) is 4. The molecule has 0 saturated carbocycles. The molecule has 0 atom stereocenters. The first kappa shape index (κ1) is 57.6. The van der Waals surface area contributed by atoms with E-state index in [1.807, 2.05) is 48.0 Å². The van der Waals surface area contributed by atoms with Gasteiger partial charge in [0.1, 0.15) is 11.2 Å². The minimum atomic E-state index is -0.124. The molecule has 0 spiro atoms. The van der Waals surface area contributed by atoms with Crippen LogP contribution in [0.1, 0.15) is 75.6 Å². The van der Waals surface area contributed by atoms with Crippen molar-refractivity contribution < 1.29 is 8.83 Å². The third-order valence-electron chi connectivity index (χ3n) is 22.7. The number of thiophene rings is 1. The summed E-state index contributed by atoms with van der Waals surface area (Å²) in [6.07, 6.45) is 7.70. The number of hydrogen-bond donors (Lipinski definition) is 0. The molecule has 472 valence electrons. The number of furan rings is 2. The fourth-order valence-corrected chi connectivity index (χ4v) is 18.9. The van der Waals surface area contributed by atoms with Gasteiger partial charge in [-0.25, -0.2) is 0 Å². The van der Waals surface area contributed by atoms with Crippen molar-refractivity contribution in [1.82, 2.24) is 9.97 Å². The van der Waals surface area contributed by atoms with Gasteiger partial charge in [-0.2, -0.15) is 0 Å². The number of aromatic nitrogens is 2. The SMILES string of the molecule is CCC1(CC)c2ccccc2-c2ccc(N(c3ccc4sc5cc6c7ccc(N(c8ccc9c(c8)C(CC)(CC)c8ccccc8-9)c8cccc9c8oc8ccc(-c%10ccccn%10)cc89)cc7c7ccccc7c6cc5c4c3)c3cccc4c3oc3ccc(-c5ccccn5)cc34)cc21. The zero-order chi connectivity index (χ0) is 65.8. The molecule has 0 radical (unpaired) electrons. The van der Waals surface area contributed by atoms with Crippen molar-refractivity contribution in [3.8, 4) is 44.8 Å². The lowest BCUT2D eigenvalue weighted by Gasteiger charge is -2.32. The van der Waals surface area contributed by atoms with Gasteiger partial charge in [0.05, 0.1) is 22.8 Å². The molecule has 5 aromatic heterocycles. The smallest absolute Gasteiger partial charge is 0.159 e. The van der Waals surface area contributed by atoms with Gasteiger partial charge in [0.15, 0.2) is 11.2 Å². The monoisotopic (exact) mass is 1290 g/mol. The predicted molar refractivity (Wildman–Crippen MR) is 416 cm³/mol. The molecular weight excluding hydrogens is 1230 g/mol. The van der Waals surface area contributed by atoms with Crippen LogP contribution in [-0.2, 0) is 10.8 Å². The van der Waals surface area contributed by atoms with E-state index in [4.69, 9.17) is 18.8 Å². The van der Waals surface area contributed by atoms with E-state index in [1.54, 1.807) is 0 Å². The van der Waals surface area contributed by atoms with Crippen LogP contribution < -0.4 is 9.80 Å². The van der Waals surface area contributed by atoms with Gasteiger partial charge in [-0.05, 0) is 242 Å². The van der Waals surface area contributed by atoms with Gasteiger partial charge in [0, 0.05) is 98.8 Å². The van der Waals surface area contributed by atoms with Gasteiger partial charge >= 0.3 is 0 Å². The van der Waals surface area contributed by atoms with Gasteiger partial charge in [-0.1, -0.05) is 155 Å². The van der Waals surface area contributed by atoms with Gasteiger partial charge in [0.2, 0.25) is 0 Å². The number of rotatable bonds is 12. The number of para-hydroxylation sites is 2. The Balaban J connectivity index is 0.771. The first-order valence-electron chi connectivity index (χ1n) is 34.9. The van der Waals surface area contributed by atoms with Crippen molar-refractivity contribution in [1.29, 1.82) is 0 Å². The molecule has 0 amide bonds. The Labute approximate surface area is 577 Å². The van der Waals surface area contributed by atoms with Gasteiger partial charge in [-0.15, -0.1) is 11.3 Å². The highest BCUT2D eigenvalue weighted by Gasteiger charge is 2.43. The topological polar surface area (TPSA) is 58.5 Å². The van der Waals surface area contributed by atoms with Crippen molar-refractivity contribution in [2.24, 2.45) is 0 Å². The summed E-state index contributed by atoms with van der Waals surface area (Å²) in [6, 6.07) is 99.1. The van der Waals surface area contributed by atoms with E-state index in [9.17, 15) is 0 Å². The summed E-state index contributed by atoms with van der Waals surface area (Å²) >= 11 is 1.87. The molecule has 18 aromatic rings. The van der Waals surface area contributed by atoms with E-state index in [0.29, 0.717) is 0 Å². The molecule has 13 aromatic carbocycles. The molecule has 0 unspecified atom stereocenters. The summed E-state index contributed by atoms with van der Waals surface area (Å²) in [4.78, 5) is 14.4. The van der Waals surface area contributed by atoms with Crippen LogP contribution in [0.2, 0.25) is 0 Å². The summed E-state index contributed by atoms with van der Waals surface area (Å²) in [5, 5.41) is 14.0. The van der Waals surface area contributed by atoms with Crippen LogP contribution in [-0.4, -0.2) is 9.97 Å². The summed E-state index contributed by atoms with van der Waals surface area (Å²) in [7, 11) is 0. The normalized spacial score (nSPS) is 13.6. The number of pyridine rings is 2. The van der Waals surface area contributed by atoms with E-state index in [-0.39, 0.29) is 10.8 Å². The Hall–Kier alpha value is -11.6. The second-order valence-corrected chi connectivity index (χ2v) is 28.2. The maximum Gasteiger partial charge on any atom is 0.159 e. The van der Waals surface area contributed by atoms with Crippen molar-refractivity contribution >= 4 is 142 Å². The zero-order valence-electron chi connectivity index (χ0n) is 55.4. The molecular formula is C92H66N4O2S. The van der Waals surface area contributed by atoms with Crippen molar-refractivity contribution in [2.45, 2.75) is 64.2 Å². The van der Waals surface area contributed by atoms with Crippen LogP contribution in [0.5, 0.6) is 0 Å². The second kappa shape index (κ2) is 21.9. The third kappa shape index (κ3) is 8.35. The molecule has 0 bridgehead atoms. The van der Waals surface area contributed by atoms with E-state index < -0.39 is 0 Å². The summed E-state index contributed by atoms with van der Waals surface area (Å²) in [5.41, 5.74) is 24.2. The summed E-state index contributed by atoms with van der Waals surface area (Å²) in [6.45, 7) is 9.42. The number of anilines is 6. The van der Waals surface area contributed by atoms with E-state index in [2.05, 4.69) is 280 Å². The van der Waals surface area contributed by atoms with Crippen molar-refractivity contribution in [2.75, 3.05) is 9.80 Å². The lowest BCUT2D eigenvalue weighted by Crippen LogP contribution is -2.23. The van der Waals surface area contributed by atoms with Crippen LogP contribution in [0.4, 0.5) is 34.1 Å². The van der Waals surface area contributed by atoms with Crippen molar-refractivity contribution in [3.63, 3.8) is 0 Å². The number of hydrogen-bond acceptors (Lipinski definition) is 7. The molecule has 2 aliphatic carbocycles.